The monoisotopic (exact) mass is 430 g/mol. The van der Waals surface area contributed by atoms with Crippen molar-refractivity contribution in [2.45, 2.75) is 6.36 Å². The number of alkyl halides is 3. The van der Waals surface area contributed by atoms with Crippen molar-refractivity contribution in [2.75, 3.05) is 5.32 Å². The predicted octanol–water partition coefficient (Wildman–Crippen LogP) is 3.06. The zero-order valence-corrected chi connectivity index (χ0v) is 14.2. The first-order valence-corrected chi connectivity index (χ1v) is 8.21. The van der Waals surface area contributed by atoms with E-state index in [-0.39, 0.29) is 22.2 Å². The van der Waals surface area contributed by atoms with Crippen LogP contribution in [0.2, 0.25) is 5.15 Å². The number of rotatable bonds is 6. The average molecular weight is 431 g/mol. The summed E-state index contributed by atoms with van der Waals surface area (Å²) in [5.41, 5.74) is -0.570. The molecule has 0 aliphatic heterocycles. The number of aromatic nitrogens is 2. The molecule has 15 heteroatoms. The number of ether oxygens (including phenoxy) is 1. The quantitative estimate of drug-likeness (QED) is 0.236. The second-order valence-electron chi connectivity index (χ2n) is 4.48. The van der Waals surface area contributed by atoms with Gasteiger partial charge in [0.05, 0.1) is 17.5 Å². The normalized spacial score (nSPS) is 12.2. The molecule has 0 saturated carbocycles. The highest BCUT2D eigenvalue weighted by molar-refractivity contribution is 7.80. The van der Waals surface area contributed by atoms with E-state index in [9.17, 15) is 26.0 Å². The third-order valence-electron chi connectivity index (χ3n) is 2.58. The number of oxime groups is 1. The van der Waals surface area contributed by atoms with E-state index in [2.05, 4.69) is 29.5 Å². The standard InChI is InChI=1S/C12H7ClF4N4O5S/c13-10-7(4-20-26-27(22,23)24)11(19-5-18-10)21-8-2-1-6(14)3-9(8)25-12(15,16)17/h1-5H,(H,18,19,21)(H,22,23,24)/b20-4+. The van der Waals surface area contributed by atoms with Crippen LogP contribution < -0.4 is 10.1 Å². The molecule has 2 rings (SSSR count). The molecule has 0 saturated heterocycles. The molecule has 1 heterocycles. The van der Waals surface area contributed by atoms with E-state index < -0.39 is 28.3 Å². The van der Waals surface area contributed by atoms with E-state index in [0.717, 1.165) is 18.5 Å². The lowest BCUT2D eigenvalue weighted by molar-refractivity contribution is -0.274. The van der Waals surface area contributed by atoms with Gasteiger partial charge in [0.25, 0.3) is 0 Å². The van der Waals surface area contributed by atoms with Crippen molar-refractivity contribution in [3.63, 3.8) is 0 Å². The van der Waals surface area contributed by atoms with Gasteiger partial charge in [-0.25, -0.2) is 18.6 Å². The highest BCUT2D eigenvalue weighted by Gasteiger charge is 2.32. The van der Waals surface area contributed by atoms with Crippen LogP contribution in [0.15, 0.2) is 29.7 Å². The zero-order chi connectivity index (χ0) is 20.2. The first-order chi connectivity index (χ1) is 12.4. The molecule has 0 radical (unpaired) electrons. The van der Waals surface area contributed by atoms with Gasteiger partial charge in [0, 0.05) is 6.07 Å². The molecule has 2 N–H and O–H groups in total. The van der Waals surface area contributed by atoms with Gasteiger partial charge < -0.3 is 10.1 Å². The molecule has 1 aromatic heterocycles. The Bertz CT molecular complexity index is 971. The van der Waals surface area contributed by atoms with Crippen molar-refractivity contribution < 1.29 is 39.6 Å². The maximum absolute atomic E-state index is 13.2. The van der Waals surface area contributed by atoms with Gasteiger partial charge >= 0.3 is 16.8 Å². The lowest BCUT2D eigenvalue weighted by Crippen LogP contribution is -2.18. The van der Waals surface area contributed by atoms with Crippen molar-refractivity contribution in [3.8, 4) is 5.75 Å². The van der Waals surface area contributed by atoms with Crippen LogP contribution in [0.4, 0.5) is 29.1 Å². The molecule has 0 atom stereocenters. The molecule has 27 heavy (non-hydrogen) atoms. The zero-order valence-electron chi connectivity index (χ0n) is 12.6. The summed E-state index contributed by atoms with van der Waals surface area (Å²) in [7, 11) is -4.90. The van der Waals surface area contributed by atoms with Crippen molar-refractivity contribution in [1.82, 2.24) is 9.97 Å². The summed E-state index contributed by atoms with van der Waals surface area (Å²) in [5.74, 6) is -2.16. The first-order valence-electron chi connectivity index (χ1n) is 6.47. The third-order valence-corrected chi connectivity index (χ3v) is 3.15. The maximum atomic E-state index is 13.2. The van der Waals surface area contributed by atoms with Crippen LogP contribution in [-0.2, 0) is 14.7 Å². The van der Waals surface area contributed by atoms with E-state index in [1.54, 1.807) is 0 Å². The molecule has 1 aromatic carbocycles. The van der Waals surface area contributed by atoms with E-state index in [4.69, 9.17) is 16.2 Å². The van der Waals surface area contributed by atoms with Gasteiger partial charge in [0.2, 0.25) is 0 Å². The Balaban J connectivity index is 2.40. The Morgan fingerprint density at radius 2 is 2.00 bits per heavy atom. The third kappa shape index (κ3) is 6.50. The van der Waals surface area contributed by atoms with Gasteiger partial charge in [-0.1, -0.05) is 16.8 Å². The predicted molar refractivity (Wildman–Crippen MR) is 83.6 cm³/mol. The van der Waals surface area contributed by atoms with Gasteiger partial charge in [0.15, 0.2) is 5.75 Å². The second-order valence-corrected chi connectivity index (χ2v) is 5.84. The minimum atomic E-state index is -5.10. The minimum Gasteiger partial charge on any atom is -0.403 e. The van der Waals surface area contributed by atoms with Crippen molar-refractivity contribution in [1.29, 1.82) is 0 Å². The topological polar surface area (TPSA) is 123 Å². The van der Waals surface area contributed by atoms with Crippen LogP contribution in [0.5, 0.6) is 5.75 Å². The van der Waals surface area contributed by atoms with E-state index in [1.165, 1.54) is 0 Å². The molecule has 0 bridgehead atoms. The van der Waals surface area contributed by atoms with Crippen LogP contribution >= 0.6 is 11.6 Å². The van der Waals surface area contributed by atoms with E-state index in [0.29, 0.717) is 12.3 Å². The number of benzene rings is 1. The SMILES string of the molecule is O=S(=O)(O)O/N=C/c1c(Cl)ncnc1Nc1ccc(F)cc1OC(F)(F)F. The van der Waals surface area contributed by atoms with Crippen LogP contribution in [-0.4, -0.2) is 35.5 Å². The van der Waals surface area contributed by atoms with Gasteiger partial charge in [-0.15, -0.1) is 13.2 Å². The fourth-order valence-corrected chi connectivity index (χ4v) is 1.99. The average Bonchev–Trinajstić information content (AvgIpc) is 2.50. The molecule has 146 valence electrons. The molecule has 0 aliphatic rings. The van der Waals surface area contributed by atoms with Gasteiger partial charge in [-0.05, 0) is 12.1 Å². The Morgan fingerprint density at radius 1 is 1.30 bits per heavy atom. The highest BCUT2D eigenvalue weighted by Crippen LogP contribution is 2.33. The smallest absolute Gasteiger partial charge is 0.403 e. The van der Waals surface area contributed by atoms with E-state index in [1.807, 2.05) is 0 Å². The molecule has 2 aromatic rings. The first kappa shape index (κ1) is 20.6. The number of anilines is 2. The number of hydrogen-bond donors (Lipinski definition) is 2. The molecule has 9 nitrogen and oxygen atoms in total. The molecular formula is C12H7ClF4N4O5S. The van der Waals surface area contributed by atoms with Crippen LogP contribution in [0.25, 0.3) is 0 Å². The van der Waals surface area contributed by atoms with Crippen LogP contribution in [0, 0.1) is 5.82 Å². The van der Waals surface area contributed by atoms with Gasteiger partial charge in [-0.3, -0.25) is 4.55 Å². The molecule has 0 unspecified atom stereocenters. The number of halogens is 5. The van der Waals surface area contributed by atoms with Gasteiger partial charge in [0.1, 0.15) is 23.1 Å². The molecule has 0 aliphatic carbocycles. The summed E-state index contributed by atoms with van der Waals surface area (Å²) in [4.78, 5) is 7.29. The summed E-state index contributed by atoms with van der Waals surface area (Å²) >= 11 is 5.80. The summed E-state index contributed by atoms with van der Waals surface area (Å²) in [6, 6.07) is 2.26. The number of nitrogens with zero attached hydrogens (tertiary/aromatic N) is 3. The molecule has 0 spiro atoms. The lowest BCUT2D eigenvalue weighted by Gasteiger charge is -2.15. The number of nitrogens with one attached hydrogen (secondary N) is 1. The molecule has 0 fully saturated rings. The second kappa shape index (κ2) is 7.89. The summed E-state index contributed by atoms with van der Waals surface area (Å²) in [6.45, 7) is 0. The van der Waals surface area contributed by atoms with Crippen LogP contribution in [0.1, 0.15) is 5.56 Å². The van der Waals surface area contributed by atoms with Crippen molar-refractivity contribution in [3.05, 3.63) is 41.1 Å². The van der Waals surface area contributed by atoms with E-state index >= 15 is 0 Å². The molecule has 0 amide bonds. The Kier molecular flexibility index (Phi) is 6.02. The van der Waals surface area contributed by atoms with Gasteiger partial charge in [-0.2, -0.15) is 8.42 Å². The Labute approximate surface area is 153 Å². The number of hydrogen-bond acceptors (Lipinski definition) is 8. The lowest BCUT2D eigenvalue weighted by atomic mass is 10.2. The Morgan fingerprint density at radius 3 is 2.63 bits per heavy atom. The Hall–Kier alpha value is -2.71. The highest BCUT2D eigenvalue weighted by atomic mass is 35.5. The summed E-state index contributed by atoms with van der Waals surface area (Å²) < 4.78 is 87.5. The fourth-order valence-electron chi connectivity index (χ4n) is 1.65. The summed E-state index contributed by atoms with van der Waals surface area (Å²) in [5, 5.41) is 5.03. The van der Waals surface area contributed by atoms with Crippen LogP contribution in [0.3, 0.4) is 0 Å². The largest absolute Gasteiger partial charge is 0.573 e. The molecular weight excluding hydrogens is 424 g/mol. The van der Waals surface area contributed by atoms with Crippen molar-refractivity contribution >= 4 is 39.7 Å². The summed E-state index contributed by atoms with van der Waals surface area (Å²) in [6.07, 6.45) is -3.49. The minimum absolute atomic E-state index is 0.217. The maximum Gasteiger partial charge on any atom is 0.573 e. The van der Waals surface area contributed by atoms with Crippen molar-refractivity contribution in [2.24, 2.45) is 5.16 Å². The fraction of sp³-hybridized carbons (Fsp3) is 0.0833.